The van der Waals surface area contributed by atoms with Crippen LogP contribution in [0.3, 0.4) is 0 Å². The molecule has 0 aliphatic heterocycles. The van der Waals surface area contributed by atoms with E-state index in [1.807, 2.05) is 0 Å². The van der Waals surface area contributed by atoms with Gasteiger partial charge in [0.2, 0.25) is 0 Å². The van der Waals surface area contributed by atoms with Crippen LogP contribution >= 0.6 is 0 Å². The highest BCUT2D eigenvalue weighted by molar-refractivity contribution is 5.91. The molecule has 9 heteroatoms. The van der Waals surface area contributed by atoms with E-state index < -0.39 is 23.6 Å². The van der Waals surface area contributed by atoms with Crippen molar-refractivity contribution in [3.05, 3.63) is 33.1 Å². The van der Waals surface area contributed by atoms with Crippen molar-refractivity contribution in [2.24, 2.45) is 4.99 Å². The number of methoxy groups -OCH3 is 2. The van der Waals surface area contributed by atoms with E-state index in [1.165, 1.54) is 38.1 Å². The number of aliphatic hydroxyl groups is 1. The highest BCUT2D eigenvalue weighted by Crippen LogP contribution is 2.13. The van der Waals surface area contributed by atoms with Crippen LogP contribution in [0.25, 0.3) is 0 Å². The summed E-state index contributed by atoms with van der Waals surface area (Å²) in [5, 5.41) is 9.38. The van der Waals surface area contributed by atoms with Crippen LogP contribution in [0.1, 0.15) is 6.23 Å². The molecule has 124 valence electrons. The van der Waals surface area contributed by atoms with E-state index in [2.05, 4.69) is 9.98 Å². The van der Waals surface area contributed by atoms with Crippen LogP contribution in [0, 0.1) is 0 Å². The van der Waals surface area contributed by atoms with Crippen molar-refractivity contribution >= 4 is 5.71 Å². The molecule has 0 fully saturated rings. The Hall–Kier alpha value is -1.81. The van der Waals surface area contributed by atoms with Gasteiger partial charge in [-0.3, -0.25) is 19.3 Å². The SMILES string of the molecule is C/N=C(/[C@@H](OCCOC)n1ccc(=O)[nH]c1=O)[C@@H](CO)OC. The van der Waals surface area contributed by atoms with E-state index in [0.717, 1.165) is 0 Å². The van der Waals surface area contributed by atoms with E-state index in [-0.39, 0.29) is 13.2 Å². The van der Waals surface area contributed by atoms with Gasteiger partial charge in [-0.25, -0.2) is 4.79 Å². The first-order valence-corrected chi connectivity index (χ1v) is 6.61. The third kappa shape index (κ3) is 4.60. The van der Waals surface area contributed by atoms with Crippen molar-refractivity contribution in [1.29, 1.82) is 0 Å². The Balaban J connectivity index is 3.21. The molecule has 0 unspecified atom stereocenters. The lowest BCUT2D eigenvalue weighted by Crippen LogP contribution is -2.42. The highest BCUT2D eigenvalue weighted by atomic mass is 16.5. The van der Waals surface area contributed by atoms with E-state index in [4.69, 9.17) is 14.2 Å². The molecule has 1 rings (SSSR count). The van der Waals surface area contributed by atoms with Crippen molar-refractivity contribution in [3.63, 3.8) is 0 Å². The minimum atomic E-state index is -0.929. The average molecular weight is 315 g/mol. The van der Waals surface area contributed by atoms with Crippen molar-refractivity contribution in [3.8, 4) is 0 Å². The van der Waals surface area contributed by atoms with E-state index in [9.17, 15) is 14.7 Å². The summed E-state index contributed by atoms with van der Waals surface area (Å²) in [6, 6.07) is 1.20. The van der Waals surface area contributed by atoms with Gasteiger partial charge in [0.1, 0.15) is 6.10 Å². The van der Waals surface area contributed by atoms with Gasteiger partial charge in [0.15, 0.2) is 6.23 Å². The number of nitrogens with zero attached hydrogens (tertiary/aromatic N) is 2. The molecule has 22 heavy (non-hydrogen) atoms. The minimum absolute atomic E-state index is 0.188. The molecule has 0 saturated heterocycles. The zero-order chi connectivity index (χ0) is 16.5. The zero-order valence-electron chi connectivity index (χ0n) is 12.8. The number of H-pyrrole nitrogens is 1. The van der Waals surface area contributed by atoms with Crippen LogP contribution < -0.4 is 11.2 Å². The van der Waals surface area contributed by atoms with Crippen LogP contribution in [0.15, 0.2) is 26.8 Å². The normalized spacial score (nSPS) is 14.8. The number of aromatic amines is 1. The topological polar surface area (TPSA) is 115 Å². The summed E-state index contributed by atoms with van der Waals surface area (Å²) in [5.41, 5.74) is -0.851. The number of aromatic nitrogens is 2. The van der Waals surface area contributed by atoms with Gasteiger partial charge in [-0.1, -0.05) is 0 Å². The lowest BCUT2D eigenvalue weighted by Gasteiger charge is -2.25. The molecule has 0 saturated carbocycles. The molecule has 1 aromatic heterocycles. The molecule has 0 aliphatic carbocycles. The highest BCUT2D eigenvalue weighted by Gasteiger charge is 2.27. The van der Waals surface area contributed by atoms with Gasteiger partial charge in [-0.05, 0) is 0 Å². The lowest BCUT2D eigenvalue weighted by molar-refractivity contribution is 0.00228. The maximum atomic E-state index is 12.0. The monoisotopic (exact) mass is 315 g/mol. The molecule has 0 amide bonds. The molecule has 1 aromatic rings. The summed E-state index contributed by atoms with van der Waals surface area (Å²) < 4.78 is 16.8. The number of hydrogen-bond donors (Lipinski definition) is 2. The largest absolute Gasteiger partial charge is 0.393 e. The predicted octanol–water partition coefficient (Wildman–Crippen LogP) is -1.22. The molecule has 1 heterocycles. The van der Waals surface area contributed by atoms with Crippen molar-refractivity contribution < 1.29 is 19.3 Å². The zero-order valence-corrected chi connectivity index (χ0v) is 12.8. The Morgan fingerprint density at radius 2 is 2.14 bits per heavy atom. The van der Waals surface area contributed by atoms with Gasteiger partial charge in [-0.2, -0.15) is 0 Å². The van der Waals surface area contributed by atoms with E-state index >= 15 is 0 Å². The van der Waals surface area contributed by atoms with E-state index in [0.29, 0.717) is 12.3 Å². The molecular formula is C13H21N3O6. The Kier molecular flexibility index (Phi) is 7.67. The number of rotatable bonds is 9. The third-order valence-corrected chi connectivity index (χ3v) is 2.96. The third-order valence-electron chi connectivity index (χ3n) is 2.96. The fraction of sp³-hybridized carbons (Fsp3) is 0.615. The number of nitrogens with one attached hydrogen (secondary N) is 1. The van der Waals surface area contributed by atoms with Crippen molar-refractivity contribution in [2.75, 3.05) is 41.1 Å². The van der Waals surface area contributed by atoms with Crippen LogP contribution in [-0.4, -0.2) is 67.6 Å². The molecule has 0 spiro atoms. The van der Waals surface area contributed by atoms with Gasteiger partial charge in [0.05, 0.1) is 25.5 Å². The summed E-state index contributed by atoms with van der Waals surface area (Å²) in [6.07, 6.45) is -0.369. The van der Waals surface area contributed by atoms with Crippen molar-refractivity contribution in [1.82, 2.24) is 9.55 Å². The standard InChI is InChI=1S/C13H21N3O6/c1-14-11(9(8-17)21-3)12(22-7-6-20-2)16-5-4-10(18)15-13(16)19/h4-5,9,12,17H,6-8H2,1-3H3,(H,15,18,19)/b14-11+/t9-,12-/m1/s1. The summed E-state index contributed by atoms with van der Waals surface area (Å²) in [7, 11) is 4.43. The molecule has 0 bridgehead atoms. The Morgan fingerprint density at radius 3 is 2.64 bits per heavy atom. The maximum absolute atomic E-state index is 12.0. The molecule has 2 atom stereocenters. The second-order valence-electron chi connectivity index (χ2n) is 4.29. The first kappa shape index (κ1) is 18.2. The predicted molar refractivity (Wildman–Crippen MR) is 79.4 cm³/mol. The molecule has 0 aromatic carbocycles. The fourth-order valence-corrected chi connectivity index (χ4v) is 1.87. The lowest BCUT2D eigenvalue weighted by atomic mass is 10.2. The first-order valence-electron chi connectivity index (χ1n) is 6.61. The molecule has 9 nitrogen and oxygen atoms in total. The van der Waals surface area contributed by atoms with Gasteiger partial charge in [0, 0.05) is 33.5 Å². The Labute approximate surface area is 127 Å². The first-order chi connectivity index (χ1) is 10.6. The van der Waals surface area contributed by atoms with Crippen molar-refractivity contribution in [2.45, 2.75) is 12.3 Å². The van der Waals surface area contributed by atoms with Gasteiger partial charge in [-0.15, -0.1) is 0 Å². The minimum Gasteiger partial charge on any atom is -0.393 e. The average Bonchev–Trinajstić information content (AvgIpc) is 2.51. The van der Waals surface area contributed by atoms with Crippen LogP contribution in [0.5, 0.6) is 0 Å². The second-order valence-corrected chi connectivity index (χ2v) is 4.29. The van der Waals surface area contributed by atoms with Gasteiger partial charge < -0.3 is 19.3 Å². The van der Waals surface area contributed by atoms with Gasteiger partial charge in [0.25, 0.3) is 5.56 Å². The quantitative estimate of drug-likeness (QED) is 0.436. The summed E-state index contributed by atoms with van der Waals surface area (Å²) in [4.78, 5) is 29.4. The summed E-state index contributed by atoms with van der Waals surface area (Å²) >= 11 is 0. The number of aliphatic imine (C=N–C) groups is 1. The van der Waals surface area contributed by atoms with E-state index in [1.54, 1.807) is 0 Å². The van der Waals surface area contributed by atoms with Crippen LogP contribution in [0.4, 0.5) is 0 Å². The Morgan fingerprint density at radius 1 is 1.41 bits per heavy atom. The van der Waals surface area contributed by atoms with Gasteiger partial charge >= 0.3 is 5.69 Å². The molecular weight excluding hydrogens is 294 g/mol. The summed E-state index contributed by atoms with van der Waals surface area (Å²) in [5.74, 6) is 0. The fourth-order valence-electron chi connectivity index (χ4n) is 1.87. The molecule has 0 radical (unpaired) electrons. The summed E-state index contributed by atoms with van der Waals surface area (Å²) in [6.45, 7) is 0.168. The Bertz CT molecular complexity index is 590. The molecule has 0 aliphatic rings. The van der Waals surface area contributed by atoms with Crippen LogP contribution in [0.2, 0.25) is 0 Å². The number of aliphatic hydroxyl groups excluding tert-OH is 1. The molecule has 2 N–H and O–H groups in total. The number of ether oxygens (including phenoxy) is 3. The van der Waals surface area contributed by atoms with Crippen LogP contribution in [-0.2, 0) is 14.2 Å². The smallest absolute Gasteiger partial charge is 0.330 e. The second kappa shape index (κ2) is 9.26. The maximum Gasteiger partial charge on any atom is 0.330 e. The number of hydrogen-bond acceptors (Lipinski definition) is 7.